The van der Waals surface area contributed by atoms with Crippen LogP contribution in [0.1, 0.15) is 34.2 Å². The molecule has 2 aromatic heterocycles. The van der Waals surface area contributed by atoms with Crippen LogP contribution in [0.3, 0.4) is 0 Å². The van der Waals surface area contributed by atoms with Crippen LogP contribution < -0.4 is 4.74 Å². The SMILES string of the molecule is CC(F)c1csc(CC(=O)c2cc(Cl)cc(Oc3cncnc3)c2)n1. The van der Waals surface area contributed by atoms with E-state index in [1.807, 2.05) is 0 Å². The smallest absolute Gasteiger partial charge is 0.169 e. The van der Waals surface area contributed by atoms with Crippen LogP contribution >= 0.6 is 22.9 Å². The van der Waals surface area contributed by atoms with Crippen LogP contribution in [0.5, 0.6) is 11.5 Å². The Hall–Kier alpha value is -2.38. The minimum Gasteiger partial charge on any atom is -0.454 e. The number of Topliss-reactive ketones (excluding diaryl/α,β-unsaturated/α-hetero) is 1. The highest BCUT2D eigenvalue weighted by molar-refractivity contribution is 7.09. The van der Waals surface area contributed by atoms with E-state index in [9.17, 15) is 9.18 Å². The fourth-order valence-corrected chi connectivity index (χ4v) is 3.18. The van der Waals surface area contributed by atoms with Crippen molar-refractivity contribution in [3.05, 3.63) is 63.6 Å². The zero-order valence-electron chi connectivity index (χ0n) is 13.1. The molecule has 0 aliphatic carbocycles. The van der Waals surface area contributed by atoms with E-state index in [1.165, 1.54) is 37.0 Å². The molecule has 0 saturated heterocycles. The zero-order chi connectivity index (χ0) is 17.8. The summed E-state index contributed by atoms with van der Waals surface area (Å²) in [6, 6.07) is 4.75. The van der Waals surface area contributed by atoms with Gasteiger partial charge in [-0.15, -0.1) is 11.3 Å². The van der Waals surface area contributed by atoms with Crippen LogP contribution in [-0.2, 0) is 6.42 Å². The first-order valence-electron chi connectivity index (χ1n) is 7.36. The van der Waals surface area contributed by atoms with Gasteiger partial charge in [0.05, 0.1) is 24.5 Å². The molecule has 128 valence electrons. The maximum absolute atomic E-state index is 13.2. The average molecular weight is 378 g/mol. The van der Waals surface area contributed by atoms with Gasteiger partial charge in [-0.2, -0.15) is 0 Å². The lowest BCUT2D eigenvalue weighted by Crippen LogP contribution is -2.04. The van der Waals surface area contributed by atoms with Gasteiger partial charge in [0.25, 0.3) is 0 Å². The Balaban J connectivity index is 1.77. The maximum Gasteiger partial charge on any atom is 0.169 e. The van der Waals surface area contributed by atoms with Crippen molar-refractivity contribution in [1.82, 2.24) is 15.0 Å². The molecule has 0 fully saturated rings. The van der Waals surface area contributed by atoms with E-state index < -0.39 is 6.17 Å². The highest BCUT2D eigenvalue weighted by Gasteiger charge is 2.15. The van der Waals surface area contributed by atoms with Crippen LogP contribution in [0.25, 0.3) is 0 Å². The normalized spacial score (nSPS) is 12.0. The highest BCUT2D eigenvalue weighted by Crippen LogP contribution is 2.27. The van der Waals surface area contributed by atoms with Crippen molar-refractivity contribution in [3.8, 4) is 11.5 Å². The van der Waals surface area contributed by atoms with Crippen LogP contribution in [-0.4, -0.2) is 20.7 Å². The van der Waals surface area contributed by atoms with E-state index in [2.05, 4.69) is 15.0 Å². The first-order valence-corrected chi connectivity index (χ1v) is 8.62. The highest BCUT2D eigenvalue weighted by atomic mass is 35.5. The minimum atomic E-state index is -1.15. The van der Waals surface area contributed by atoms with Crippen molar-refractivity contribution in [2.24, 2.45) is 0 Å². The van der Waals surface area contributed by atoms with E-state index in [1.54, 1.807) is 23.6 Å². The third kappa shape index (κ3) is 4.58. The summed E-state index contributed by atoms with van der Waals surface area (Å²) in [5.41, 5.74) is 0.733. The molecular weight excluding hydrogens is 365 g/mol. The van der Waals surface area contributed by atoms with Gasteiger partial charge in [0.1, 0.15) is 23.3 Å². The molecule has 0 radical (unpaired) electrons. The molecule has 2 heterocycles. The first kappa shape index (κ1) is 17.4. The molecular formula is C17H13ClFN3O2S. The predicted molar refractivity (Wildman–Crippen MR) is 93.2 cm³/mol. The average Bonchev–Trinajstić information content (AvgIpc) is 3.04. The second kappa shape index (κ2) is 7.67. The number of ether oxygens (including phenoxy) is 1. The van der Waals surface area contributed by atoms with E-state index in [-0.39, 0.29) is 12.2 Å². The molecule has 25 heavy (non-hydrogen) atoms. The zero-order valence-corrected chi connectivity index (χ0v) is 14.7. The van der Waals surface area contributed by atoms with Crippen molar-refractivity contribution in [2.75, 3.05) is 0 Å². The van der Waals surface area contributed by atoms with Crippen molar-refractivity contribution in [2.45, 2.75) is 19.5 Å². The fraction of sp³-hybridized carbons (Fsp3) is 0.176. The van der Waals surface area contributed by atoms with Crippen molar-refractivity contribution >= 4 is 28.7 Å². The summed E-state index contributed by atoms with van der Waals surface area (Å²) in [7, 11) is 0. The van der Waals surface area contributed by atoms with Gasteiger partial charge in [0, 0.05) is 16.0 Å². The number of aromatic nitrogens is 3. The summed E-state index contributed by atoms with van der Waals surface area (Å²) in [6.07, 6.45) is 3.32. The summed E-state index contributed by atoms with van der Waals surface area (Å²) in [5, 5.41) is 2.55. The third-order valence-electron chi connectivity index (χ3n) is 3.25. The first-order chi connectivity index (χ1) is 12.0. The Bertz CT molecular complexity index is 887. The Labute approximate surface area is 152 Å². The quantitative estimate of drug-likeness (QED) is 0.575. The van der Waals surface area contributed by atoms with Crippen LogP contribution in [0.4, 0.5) is 4.39 Å². The van der Waals surface area contributed by atoms with Crippen molar-refractivity contribution in [1.29, 1.82) is 0 Å². The van der Waals surface area contributed by atoms with Gasteiger partial charge in [-0.1, -0.05) is 11.6 Å². The van der Waals surface area contributed by atoms with Crippen molar-refractivity contribution in [3.63, 3.8) is 0 Å². The number of hydrogen-bond acceptors (Lipinski definition) is 6. The molecule has 5 nitrogen and oxygen atoms in total. The van der Waals surface area contributed by atoms with E-state index >= 15 is 0 Å². The number of carbonyl (C=O) groups excluding carboxylic acids is 1. The van der Waals surface area contributed by atoms with Gasteiger partial charge in [-0.3, -0.25) is 4.79 Å². The Morgan fingerprint density at radius 1 is 1.28 bits per heavy atom. The monoisotopic (exact) mass is 377 g/mol. The molecule has 1 atom stereocenters. The topological polar surface area (TPSA) is 65.0 Å². The second-order valence-corrected chi connectivity index (χ2v) is 6.61. The number of rotatable bonds is 6. The summed E-state index contributed by atoms with van der Waals surface area (Å²) in [6.45, 7) is 1.41. The van der Waals surface area contributed by atoms with E-state index in [4.69, 9.17) is 16.3 Å². The number of alkyl halides is 1. The van der Waals surface area contributed by atoms with Gasteiger partial charge < -0.3 is 4.74 Å². The molecule has 3 rings (SSSR count). The number of hydrogen-bond donors (Lipinski definition) is 0. The predicted octanol–water partition coefficient (Wildman–Crippen LogP) is 4.83. The number of ketones is 1. The molecule has 0 aliphatic rings. The molecule has 3 aromatic rings. The van der Waals surface area contributed by atoms with Gasteiger partial charge >= 0.3 is 0 Å². The summed E-state index contributed by atoms with van der Waals surface area (Å²) in [4.78, 5) is 24.3. The Morgan fingerprint density at radius 3 is 2.72 bits per heavy atom. The molecule has 0 spiro atoms. The molecule has 0 amide bonds. The number of benzene rings is 1. The maximum atomic E-state index is 13.2. The number of nitrogens with zero attached hydrogens (tertiary/aromatic N) is 3. The lowest BCUT2D eigenvalue weighted by Gasteiger charge is -2.07. The van der Waals surface area contributed by atoms with Crippen LogP contribution in [0.2, 0.25) is 5.02 Å². The molecule has 0 bridgehead atoms. The van der Waals surface area contributed by atoms with Gasteiger partial charge in [0.15, 0.2) is 11.5 Å². The Kier molecular flexibility index (Phi) is 5.35. The second-order valence-electron chi connectivity index (χ2n) is 5.23. The lowest BCUT2D eigenvalue weighted by molar-refractivity contribution is 0.0992. The lowest BCUT2D eigenvalue weighted by atomic mass is 10.1. The molecule has 1 aromatic carbocycles. The number of carbonyl (C=O) groups is 1. The molecule has 1 unspecified atom stereocenters. The van der Waals surface area contributed by atoms with E-state index in [0.717, 1.165) is 0 Å². The largest absolute Gasteiger partial charge is 0.454 e. The molecule has 8 heteroatoms. The van der Waals surface area contributed by atoms with Gasteiger partial charge in [-0.25, -0.2) is 19.3 Å². The summed E-state index contributed by atoms with van der Waals surface area (Å²) in [5.74, 6) is 0.664. The molecule has 0 saturated carbocycles. The number of halogens is 2. The fourth-order valence-electron chi connectivity index (χ4n) is 2.09. The van der Waals surface area contributed by atoms with Gasteiger partial charge in [0.2, 0.25) is 0 Å². The minimum absolute atomic E-state index is 0.0750. The standard InChI is InChI=1S/C17H13ClFN3O2S/c1-10(19)15-8-25-17(22-15)5-16(23)11-2-12(18)4-13(3-11)24-14-6-20-9-21-7-14/h2-4,6-10H,5H2,1H3. The Morgan fingerprint density at radius 2 is 2.04 bits per heavy atom. The summed E-state index contributed by atoms with van der Waals surface area (Å²) >= 11 is 7.34. The van der Waals surface area contributed by atoms with Crippen LogP contribution in [0.15, 0.2) is 42.3 Å². The summed E-state index contributed by atoms with van der Waals surface area (Å²) < 4.78 is 18.8. The third-order valence-corrected chi connectivity index (χ3v) is 4.34. The van der Waals surface area contributed by atoms with Gasteiger partial charge in [-0.05, 0) is 25.1 Å². The number of thiazole rings is 1. The van der Waals surface area contributed by atoms with Crippen molar-refractivity contribution < 1.29 is 13.9 Å². The van der Waals surface area contributed by atoms with Crippen LogP contribution in [0, 0.1) is 0 Å². The van der Waals surface area contributed by atoms with E-state index in [0.29, 0.717) is 32.8 Å². The molecule has 0 aliphatic heterocycles. The molecule has 0 N–H and O–H groups in total.